The van der Waals surface area contributed by atoms with Crippen LogP contribution in [0.3, 0.4) is 0 Å². The lowest BCUT2D eigenvalue weighted by Gasteiger charge is -2.25. The molecule has 0 bridgehead atoms. The Morgan fingerprint density at radius 1 is 1.50 bits per heavy atom. The molecule has 0 radical (unpaired) electrons. The number of nitrogens with one attached hydrogen (secondary N) is 1. The summed E-state index contributed by atoms with van der Waals surface area (Å²) in [6.07, 6.45) is 2.35. The average Bonchev–Trinajstić information content (AvgIpc) is 2.01. The summed E-state index contributed by atoms with van der Waals surface area (Å²) in [4.78, 5) is 12.9. The van der Waals surface area contributed by atoms with Gasteiger partial charge in [0.2, 0.25) is 0 Å². The molecule has 0 aliphatic carbocycles. The van der Waals surface area contributed by atoms with Crippen LogP contribution in [0.5, 0.6) is 0 Å². The molecule has 0 atom stereocenters. The third kappa shape index (κ3) is 5.35. The van der Waals surface area contributed by atoms with Crippen molar-refractivity contribution in [3.63, 3.8) is 0 Å². The number of ether oxygens (including phenoxy) is 1. The Morgan fingerprint density at radius 2 is 2.07 bits per heavy atom. The van der Waals surface area contributed by atoms with Gasteiger partial charge in [0.1, 0.15) is 5.60 Å². The van der Waals surface area contributed by atoms with E-state index in [2.05, 4.69) is 6.58 Å². The maximum atomic E-state index is 11.5. The van der Waals surface area contributed by atoms with Crippen LogP contribution >= 0.6 is 0 Å². The predicted molar refractivity (Wildman–Crippen MR) is 56.8 cm³/mol. The predicted octanol–water partition coefficient (Wildman–Crippen LogP) is 2.06. The largest absolute Gasteiger partial charge is 0.444 e. The molecule has 0 unspecified atom stereocenters. The zero-order valence-electron chi connectivity index (χ0n) is 9.04. The van der Waals surface area contributed by atoms with E-state index >= 15 is 0 Å². The van der Waals surface area contributed by atoms with Gasteiger partial charge in [0.25, 0.3) is 0 Å². The van der Waals surface area contributed by atoms with Crippen LogP contribution in [-0.4, -0.2) is 35.9 Å². The van der Waals surface area contributed by atoms with E-state index in [1.54, 1.807) is 26.8 Å². The normalized spacial score (nSPS) is 10.5. The Balaban J connectivity index is 4.28. The fourth-order valence-electron chi connectivity index (χ4n) is 0.816. The molecule has 0 aromatic rings. The molecule has 0 aliphatic heterocycles. The Morgan fingerprint density at radius 3 is 2.43 bits per heavy atom. The maximum absolute atomic E-state index is 11.5. The molecule has 0 saturated carbocycles. The first-order valence-corrected chi connectivity index (χ1v) is 4.48. The van der Waals surface area contributed by atoms with Crippen molar-refractivity contribution in [2.45, 2.75) is 26.4 Å². The number of amides is 1. The van der Waals surface area contributed by atoms with Crippen molar-refractivity contribution < 1.29 is 9.53 Å². The smallest absolute Gasteiger partial charge is 0.410 e. The summed E-state index contributed by atoms with van der Waals surface area (Å²) in [6, 6.07) is 0. The lowest BCUT2D eigenvalue weighted by Crippen LogP contribution is -2.37. The molecule has 0 rings (SSSR count). The zero-order chi connectivity index (χ0) is 11.2. The molecule has 4 nitrogen and oxygen atoms in total. The van der Waals surface area contributed by atoms with Gasteiger partial charge in [-0.05, 0) is 20.8 Å². The van der Waals surface area contributed by atoms with Crippen LogP contribution in [0, 0.1) is 5.41 Å². The number of hydrogen-bond acceptors (Lipinski definition) is 3. The lowest BCUT2D eigenvalue weighted by molar-refractivity contribution is 0.0300. The average molecular weight is 198 g/mol. The van der Waals surface area contributed by atoms with Gasteiger partial charge < -0.3 is 10.1 Å². The molecular weight excluding hydrogens is 180 g/mol. The van der Waals surface area contributed by atoms with E-state index in [1.165, 1.54) is 4.90 Å². The van der Waals surface area contributed by atoms with E-state index in [0.717, 1.165) is 6.21 Å². The summed E-state index contributed by atoms with van der Waals surface area (Å²) >= 11 is 0. The number of carbonyl (C=O) groups excluding carboxylic acids is 1. The molecule has 0 fully saturated rings. The van der Waals surface area contributed by atoms with E-state index in [-0.39, 0.29) is 6.54 Å². The minimum absolute atomic E-state index is 0.251. The van der Waals surface area contributed by atoms with E-state index in [9.17, 15) is 4.79 Å². The molecular formula is C10H18N2O2. The van der Waals surface area contributed by atoms with Gasteiger partial charge in [0, 0.05) is 12.8 Å². The van der Waals surface area contributed by atoms with Crippen LogP contribution in [0.25, 0.3) is 0 Å². The van der Waals surface area contributed by atoms with E-state index < -0.39 is 11.7 Å². The second-order valence-electron chi connectivity index (χ2n) is 3.88. The number of carbonyl (C=O) groups is 1. The van der Waals surface area contributed by atoms with Crippen molar-refractivity contribution in [1.82, 2.24) is 4.90 Å². The van der Waals surface area contributed by atoms with Crippen LogP contribution in [0.15, 0.2) is 12.7 Å². The quantitative estimate of drug-likeness (QED) is 0.555. The van der Waals surface area contributed by atoms with Crippen LogP contribution in [-0.2, 0) is 4.74 Å². The van der Waals surface area contributed by atoms with E-state index in [1.807, 2.05) is 0 Å². The number of hydrogen-bond donors (Lipinski definition) is 1. The zero-order valence-corrected chi connectivity index (χ0v) is 9.04. The Kier molecular flexibility index (Phi) is 4.91. The molecule has 80 valence electrons. The van der Waals surface area contributed by atoms with E-state index in [0.29, 0.717) is 6.54 Å². The van der Waals surface area contributed by atoms with Gasteiger partial charge in [-0.15, -0.1) is 6.58 Å². The summed E-state index contributed by atoms with van der Waals surface area (Å²) in [5.74, 6) is 0. The summed E-state index contributed by atoms with van der Waals surface area (Å²) in [6.45, 7) is 9.60. The van der Waals surface area contributed by atoms with Crippen molar-refractivity contribution in [2.75, 3.05) is 13.1 Å². The van der Waals surface area contributed by atoms with Crippen LogP contribution in [0.2, 0.25) is 0 Å². The second-order valence-corrected chi connectivity index (χ2v) is 3.88. The fourth-order valence-corrected chi connectivity index (χ4v) is 0.816. The van der Waals surface area contributed by atoms with Crippen molar-refractivity contribution in [3.05, 3.63) is 12.7 Å². The van der Waals surface area contributed by atoms with Crippen LogP contribution < -0.4 is 0 Å². The van der Waals surface area contributed by atoms with Gasteiger partial charge in [-0.1, -0.05) is 6.08 Å². The minimum atomic E-state index is -0.501. The first kappa shape index (κ1) is 12.7. The fraction of sp³-hybridized carbons (Fsp3) is 0.600. The van der Waals surface area contributed by atoms with Crippen LogP contribution in [0.1, 0.15) is 20.8 Å². The molecule has 0 heterocycles. The molecule has 1 N–H and O–H groups in total. The summed E-state index contributed by atoms with van der Waals surface area (Å²) in [7, 11) is 0. The molecule has 4 heteroatoms. The highest BCUT2D eigenvalue weighted by Crippen LogP contribution is 2.09. The van der Waals surface area contributed by atoms with E-state index in [4.69, 9.17) is 10.1 Å². The molecule has 0 saturated heterocycles. The monoisotopic (exact) mass is 198 g/mol. The molecule has 0 aromatic heterocycles. The van der Waals surface area contributed by atoms with Gasteiger partial charge in [-0.25, -0.2) is 4.79 Å². The van der Waals surface area contributed by atoms with Crippen molar-refractivity contribution in [2.24, 2.45) is 0 Å². The topological polar surface area (TPSA) is 53.4 Å². The second kappa shape index (κ2) is 5.42. The lowest BCUT2D eigenvalue weighted by atomic mass is 10.2. The first-order chi connectivity index (χ1) is 6.40. The Bertz CT molecular complexity index is 209. The van der Waals surface area contributed by atoms with Crippen LogP contribution in [0.4, 0.5) is 4.79 Å². The molecule has 0 spiro atoms. The molecule has 0 aliphatic rings. The highest BCUT2D eigenvalue weighted by atomic mass is 16.6. The minimum Gasteiger partial charge on any atom is -0.444 e. The van der Waals surface area contributed by atoms with Gasteiger partial charge in [0.15, 0.2) is 0 Å². The maximum Gasteiger partial charge on any atom is 0.410 e. The molecule has 14 heavy (non-hydrogen) atoms. The van der Waals surface area contributed by atoms with Crippen molar-refractivity contribution >= 4 is 12.3 Å². The summed E-state index contributed by atoms with van der Waals surface area (Å²) in [5.41, 5.74) is -0.501. The standard InChI is InChI=1S/C10H18N2O2/c1-5-7-12(8-6-11)9(13)14-10(2,3)4/h5-6,11H,1,7-8H2,2-4H3. The number of rotatable bonds is 4. The molecule has 1 amide bonds. The third-order valence-electron chi connectivity index (χ3n) is 1.31. The summed E-state index contributed by atoms with van der Waals surface area (Å²) in [5, 5.41) is 6.93. The van der Waals surface area contributed by atoms with Crippen molar-refractivity contribution in [1.29, 1.82) is 5.41 Å². The van der Waals surface area contributed by atoms with Gasteiger partial charge >= 0.3 is 6.09 Å². The third-order valence-corrected chi connectivity index (χ3v) is 1.31. The first-order valence-electron chi connectivity index (χ1n) is 4.48. The summed E-state index contributed by atoms with van der Waals surface area (Å²) < 4.78 is 5.14. The van der Waals surface area contributed by atoms with Crippen molar-refractivity contribution in [3.8, 4) is 0 Å². The SMILES string of the molecule is C=CCN(CC=N)C(=O)OC(C)(C)C. The Hall–Kier alpha value is -1.32. The highest BCUT2D eigenvalue weighted by molar-refractivity contribution is 5.72. The highest BCUT2D eigenvalue weighted by Gasteiger charge is 2.20. The molecule has 0 aromatic carbocycles. The number of nitrogens with zero attached hydrogens (tertiary/aromatic N) is 1. The Labute approximate surface area is 85.1 Å². The van der Waals surface area contributed by atoms with Gasteiger partial charge in [0.05, 0.1) is 6.54 Å². The van der Waals surface area contributed by atoms with Gasteiger partial charge in [-0.2, -0.15) is 0 Å². The van der Waals surface area contributed by atoms with Gasteiger partial charge in [-0.3, -0.25) is 4.90 Å².